The number of urea groups is 1. The number of piperazine rings is 1. The highest BCUT2D eigenvalue weighted by Gasteiger charge is 2.37. The van der Waals surface area contributed by atoms with Gasteiger partial charge in [0, 0.05) is 61.6 Å². The Kier molecular flexibility index (Phi) is 8.34. The molecule has 2 aromatic rings. The number of nitrogens with zero attached hydrogens (tertiary/aromatic N) is 4. The fourth-order valence-corrected chi connectivity index (χ4v) is 8.43. The van der Waals surface area contributed by atoms with Gasteiger partial charge in [-0.2, -0.15) is 4.72 Å². The molecule has 1 aromatic carbocycles. The fraction of sp³-hybridized carbons (Fsp3) is 0.560. The molecular weight excluding hydrogens is 564 g/mol. The highest BCUT2D eigenvalue weighted by Crippen LogP contribution is 2.31. The number of hydrogen-bond donors (Lipinski definition) is 2. The first kappa shape index (κ1) is 28.1. The summed E-state index contributed by atoms with van der Waals surface area (Å²) in [6.07, 6.45) is 2.76. The Morgan fingerprint density at radius 3 is 2.54 bits per heavy atom. The van der Waals surface area contributed by atoms with Crippen molar-refractivity contribution in [1.29, 1.82) is 0 Å². The third kappa shape index (κ3) is 6.32. The lowest BCUT2D eigenvalue weighted by Gasteiger charge is -2.37. The number of nitrogens with one attached hydrogen (secondary N) is 1. The van der Waals surface area contributed by atoms with Crippen LogP contribution in [0.4, 0.5) is 4.79 Å². The van der Waals surface area contributed by atoms with E-state index in [4.69, 9.17) is 17.3 Å². The molecule has 0 radical (unpaired) electrons. The number of rotatable bonds is 7. The zero-order valence-electron chi connectivity index (χ0n) is 21.6. The molecule has 3 aliphatic heterocycles. The molecule has 4 heterocycles. The standard InChI is InChI=1S/C25H33ClN6O5S2/c26-18-5-6-21-17(13-18)14-23(38-21)39(36,37)28-20-4-2-7-31(24(20)34)16-22(33)32-8-1-3-19(32)15-29-9-11-30(12-10-29)25(27)35/h5-6,13-14,19-20,28H,1-4,7-12,15-16H2,(H2,27,35). The molecule has 0 spiro atoms. The van der Waals surface area contributed by atoms with E-state index in [2.05, 4.69) is 9.62 Å². The zero-order chi connectivity index (χ0) is 27.7. The van der Waals surface area contributed by atoms with E-state index in [0.717, 1.165) is 40.8 Å². The number of carbonyl (C=O) groups is 3. The van der Waals surface area contributed by atoms with Crippen molar-refractivity contribution in [3.63, 3.8) is 0 Å². The molecule has 4 amide bonds. The number of primary amides is 1. The SMILES string of the molecule is NC(=O)N1CCN(CC2CCCN2C(=O)CN2CCCC(NS(=O)(=O)c3cc4cc(Cl)ccc4s3)C2=O)CC1. The Morgan fingerprint density at radius 2 is 1.79 bits per heavy atom. The molecule has 0 aliphatic carbocycles. The minimum absolute atomic E-state index is 0.0493. The van der Waals surface area contributed by atoms with E-state index < -0.39 is 22.1 Å². The summed E-state index contributed by atoms with van der Waals surface area (Å²) in [6.45, 7) is 4.27. The number of amides is 4. The van der Waals surface area contributed by atoms with Crippen LogP contribution >= 0.6 is 22.9 Å². The number of likely N-dealkylation sites (tertiary alicyclic amines) is 2. The summed E-state index contributed by atoms with van der Waals surface area (Å²) in [7, 11) is -3.92. The second-order valence-corrected chi connectivity index (χ2v) is 13.8. The minimum Gasteiger partial charge on any atom is -0.351 e. The molecule has 2 atom stereocenters. The van der Waals surface area contributed by atoms with Crippen LogP contribution in [0.1, 0.15) is 25.7 Å². The molecule has 3 N–H and O–H groups in total. The normalized spacial score (nSPS) is 23.1. The predicted molar refractivity (Wildman–Crippen MR) is 149 cm³/mol. The minimum atomic E-state index is -3.92. The van der Waals surface area contributed by atoms with Crippen LogP contribution < -0.4 is 10.5 Å². The summed E-state index contributed by atoms with van der Waals surface area (Å²) in [5, 5.41) is 1.25. The van der Waals surface area contributed by atoms with E-state index in [1.807, 2.05) is 4.90 Å². The summed E-state index contributed by atoms with van der Waals surface area (Å²) in [6, 6.07) is 5.47. The maximum Gasteiger partial charge on any atom is 0.314 e. The number of piperidine rings is 1. The van der Waals surface area contributed by atoms with Crippen LogP contribution in [-0.4, -0.2) is 110 Å². The molecule has 1 aromatic heterocycles. The lowest BCUT2D eigenvalue weighted by Crippen LogP contribution is -2.56. The van der Waals surface area contributed by atoms with Crippen LogP contribution in [0, 0.1) is 0 Å². The summed E-state index contributed by atoms with van der Waals surface area (Å²) in [5.74, 6) is -0.493. The Labute approximate surface area is 236 Å². The molecule has 3 aliphatic rings. The smallest absolute Gasteiger partial charge is 0.314 e. The topological polar surface area (TPSA) is 136 Å². The van der Waals surface area contributed by atoms with Crippen molar-refractivity contribution >= 4 is 60.9 Å². The molecular formula is C25H33ClN6O5S2. The van der Waals surface area contributed by atoms with Gasteiger partial charge in [0.1, 0.15) is 10.3 Å². The van der Waals surface area contributed by atoms with Gasteiger partial charge in [-0.25, -0.2) is 13.2 Å². The zero-order valence-corrected chi connectivity index (χ0v) is 23.9. The summed E-state index contributed by atoms with van der Waals surface area (Å²) < 4.78 is 29.7. The second kappa shape index (κ2) is 11.6. The Morgan fingerprint density at radius 1 is 1.05 bits per heavy atom. The molecule has 39 heavy (non-hydrogen) atoms. The van der Waals surface area contributed by atoms with Crippen LogP contribution in [0.2, 0.25) is 5.02 Å². The van der Waals surface area contributed by atoms with E-state index in [0.29, 0.717) is 57.1 Å². The van der Waals surface area contributed by atoms with Crippen molar-refractivity contribution in [2.75, 3.05) is 52.4 Å². The first-order valence-corrected chi connectivity index (χ1v) is 15.8. The monoisotopic (exact) mass is 596 g/mol. The van der Waals surface area contributed by atoms with E-state index in [9.17, 15) is 22.8 Å². The van der Waals surface area contributed by atoms with Gasteiger partial charge in [-0.1, -0.05) is 11.6 Å². The molecule has 3 fully saturated rings. The molecule has 2 unspecified atom stereocenters. The number of nitrogens with two attached hydrogens (primary N) is 1. The van der Waals surface area contributed by atoms with Gasteiger partial charge < -0.3 is 20.4 Å². The van der Waals surface area contributed by atoms with E-state index >= 15 is 0 Å². The fourth-order valence-electron chi connectivity index (χ4n) is 5.63. The number of benzene rings is 1. The van der Waals surface area contributed by atoms with Gasteiger partial charge >= 0.3 is 6.03 Å². The van der Waals surface area contributed by atoms with Crippen LogP contribution in [0.15, 0.2) is 28.5 Å². The largest absolute Gasteiger partial charge is 0.351 e. The number of fused-ring (bicyclic) bond motifs is 1. The lowest BCUT2D eigenvalue weighted by molar-refractivity contribution is -0.143. The molecule has 3 saturated heterocycles. The molecule has 14 heteroatoms. The van der Waals surface area contributed by atoms with Crippen molar-refractivity contribution < 1.29 is 22.8 Å². The van der Waals surface area contributed by atoms with Crippen LogP contribution in [0.25, 0.3) is 10.1 Å². The molecule has 0 bridgehead atoms. The third-order valence-electron chi connectivity index (χ3n) is 7.73. The van der Waals surface area contributed by atoms with Crippen molar-refractivity contribution in [2.24, 2.45) is 5.73 Å². The number of hydrogen-bond acceptors (Lipinski definition) is 7. The van der Waals surface area contributed by atoms with E-state index in [-0.39, 0.29) is 28.6 Å². The van der Waals surface area contributed by atoms with Crippen LogP contribution in [0.3, 0.4) is 0 Å². The highest BCUT2D eigenvalue weighted by molar-refractivity contribution is 7.91. The second-order valence-electron chi connectivity index (χ2n) is 10.3. The number of thiophene rings is 1. The third-order valence-corrected chi connectivity index (χ3v) is 11.0. The maximum atomic E-state index is 13.3. The first-order chi connectivity index (χ1) is 18.6. The van der Waals surface area contributed by atoms with Gasteiger partial charge in [0.2, 0.25) is 11.8 Å². The lowest BCUT2D eigenvalue weighted by atomic mass is 10.1. The number of halogens is 1. The van der Waals surface area contributed by atoms with Gasteiger partial charge in [-0.15, -0.1) is 11.3 Å². The Balaban J connectivity index is 1.18. The van der Waals surface area contributed by atoms with Crippen molar-refractivity contribution in [1.82, 2.24) is 24.3 Å². The molecule has 5 rings (SSSR count). The molecule has 0 saturated carbocycles. The van der Waals surface area contributed by atoms with E-state index in [1.54, 1.807) is 29.2 Å². The van der Waals surface area contributed by atoms with Crippen LogP contribution in [-0.2, 0) is 19.6 Å². The Bertz CT molecular complexity index is 1360. The summed E-state index contributed by atoms with van der Waals surface area (Å²) in [5.41, 5.74) is 5.37. The van der Waals surface area contributed by atoms with Crippen molar-refractivity contribution in [2.45, 2.75) is 42.0 Å². The Hall–Kier alpha value is -2.45. The van der Waals surface area contributed by atoms with Gasteiger partial charge in [0.25, 0.3) is 10.0 Å². The first-order valence-electron chi connectivity index (χ1n) is 13.2. The summed E-state index contributed by atoms with van der Waals surface area (Å²) >= 11 is 7.16. The van der Waals surface area contributed by atoms with Gasteiger partial charge in [-0.05, 0) is 55.3 Å². The maximum absolute atomic E-state index is 13.3. The predicted octanol–water partition coefficient (Wildman–Crippen LogP) is 1.51. The quantitative estimate of drug-likeness (QED) is 0.497. The van der Waals surface area contributed by atoms with Gasteiger partial charge in [0.05, 0.1) is 6.54 Å². The molecule has 11 nitrogen and oxygen atoms in total. The van der Waals surface area contributed by atoms with E-state index in [1.165, 1.54) is 4.90 Å². The van der Waals surface area contributed by atoms with Crippen LogP contribution in [0.5, 0.6) is 0 Å². The summed E-state index contributed by atoms with van der Waals surface area (Å²) in [4.78, 5) is 45.1. The van der Waals surface area contributed by atoms with Crippen molar-refractivity contribution in [3.05, 3.63) is 29.3 Å². The highest BCUT2D eigenvalue weighted by atomic mass is 35.5. The van der Waals surface area contributed by atoms with Gasteiger partial charge in [-0.3, -0.25) is 14.5 Å². The van der Waals surface area contributed by atoms with Crippen molar-refractivity contribution in [3.8, 4) is 0 Å². The average molecular weight is 597 g/mol. The number of carbonyl (C=O) groups excluding carboxylic acids is 3. The number of sulfonamides is 1. The van der Waals surface area contributed by atoms with Gasteiger partial charge in [0.15, 0.2) is 0 Å². The molecule has 212 valence electrons. The average Bonchev–Trinajstić information content (AvgIpc) is 3.54.